The van der Waals surface area contributed by atoms with E-state index >= 15 is 0 Å². The molecule has 0 spiro atoms. The van der Waals surface area contributed by atoms with Crippen LogP contribution in [-0.4, -0.2) is 13.6 Å². The summed E-state index contributed by atoms with van der Waals surface area (Å²) in [6.45, 7) is 0.787. The number of benzene rings is 2. The summed E-state index contributed by atoms with van der Waals surface area (Å²) >= 11 is 0. The Kier molecular flexibility index (Phi) is 4.99. The Morgan fingerprint density at radius 2 is 1.47 bits per heavy atom. The predicted octanol–water partition coefficient (Wildman–Crippen LogP) is 3.74. The molecule has 2 heteroatoms. The van der Waals surface area contributed by atoms with E-state index in [2.05, 4.69) is 60.5 Å². The summed E-state index contributed by atoms with van der Waals surface area (Å²) in [4.78, 5) is 2.20. The number of nitrogens with two attached hydrogens (primary N) is 1. The minimum Gasteiger partial charge on any atom is -0.345 e. The van der Waals surface area contributed by atoms with Crippen molar-refractivity contribution in [3.05, 3.63) is 60.2 Å². The van der Waals surface area contributed by atoms with E-state index in [0.717, 1.165) is 19.4 Å². The Labute approximate surface area is 115 Å². The lowest BCUT2D eigenvalue weighted by molar-refractivity contribution is 0.745. The minimum atomic E-state index is 0.787. The molecule has 0 amide bonds. The summed E-state index contributed by atoms with van der Waals surface area (Å²) in [6.07, 6.45) is 3.39. The lowest BCUT2D eigenvalue weighted by atomic mass is 10.1. The van der Waals surface area contributed by atoms with Crippen LogP contribution in [0.3, 0.4) is 0 Å². The highest BCUT2D eigenvalue weighted by Gasteiger charge is 2.02. The first-order chi connectivity index (χ1) is 9.31. The van der Waals surface area contributed by atoms with Gasteiger partial charge in [-0.25, -0.2) is 0 Å². The van der Waals surface area contributed by atoms with Crippen molar-refractivity contribution in [2.45, 2.75) is 19.3 Å². The smallest absolute Gasteiger partial charge is 0.0408 e. The predicted molar refractivity (Wildman–Crippen MR) is 82.9 cm³/mol. The van der Waals surface area contributed by atoms with Crippen LogP contribution in [0, 0.1) is 0 Å². The van der Waals surface area contributed by atoms with Crippen LogP contribution in [0.2, 0.25) is 0 Å². The van der Waals surface area contributed by atoms with Gasteiger partial charge >= 0.3 is 0 Å². The summed E-state index contributed by atoms with van der Waals surface area (Å²) in [5.41, 5.74) is 9.33. The SMILES string of the molecule is CN(c1ccccc1)c1ccc(CCCCN)cc1. The molecule has 2 rings (SSSR count). The normalized spacial score (nSPS) is 10.4. The van der Waals surface area contributed by atoms with E-state index in [1.165, 1.54) is 23.4 Å². The summed E-state index contributed by atoms with van der Waals surface area (Å²) < 4.78 is 0. The first-order valence-electron chi connectivity index (χ1n) is 6.89. The van der Waals surface area contributed by atoms with Crippen molar-refractivity contribution in [3.8, 4) is 0 Å². The van der Waals surface area contributed by atoms with Crippen LogP contribution in [-0.2, 0) is 6.42 Å². The molecule has 0 unspecified atom stereocenters. The molecule has 2 aromatic carbocycles. The zero-order valence-corrected chi connectivity index (χ0v) is 11.5. The molecule has 0 aromatic heterocycles. The maximum Gasteiger partial charge on any atom is 0.0408 e. The highest BCUT2D eigenvalue weighted by atomic mass is 15.1. The average molecular weight is 254 g/mol. The van der Waals surface area contributed by atoms with Gasteiger partial charge in [-0.3, -0.25) is 0 Å². The molecule has 0 atom stereocenters. The molecule has 0 radical (unpaired) electrons. The molecule has 0 aliphatic heterocycles. The van der Waals surface area contributed by atoms with E-state index in [9.17, 15) is 0 Å². The zero-order chi connectivity index (χ0) is 13.5. The quantitative estimate of drug-likeness (QED) is 0.796. The van der Waals surface area contributed by atoms with Gasteiger partial charge in [0.2, 0.25) is 0 Å². The van der Waals surface area contributed by atoms with Gasteiger partial charge in [0.1, 0.15) is 0 Å². The summed E-state index contributed by atoms with van der Waals surface area (Å²) in [5.74, 6) is 0. The maximum absolute atomic E-state index is 5.51. The van der Waals surface area contributed by atoms with E-state index in [4.69, 9.17) is 5.73 Å². The summed E-state index contributed by atoms with van der Waals surface area (Å²) in [7, 11) is 2.10. The molecule has 0 aliphatic rings. The first kappa shape index (κ1) is 13.6. The van der Waals surface area contributed by atoms with E-state index < -0.39 is 0 Å². The molecule has 0 bridgehead atoms. The van der Waals surface area contributed by atoms with Crippen molar-refractivity contribution in [1.82, 2.24) is 0 Å². The standard InChI is InChI=1S/C17H22N2/c1-19(16-8-3-2-4-9-16)17-12-10-15(11-13-17)7-5-6-14-18/h2-4,8-13H,5-7,14,18H2,1H3. The van der Waals surface area contributed by atoms with Crippen LogP contribution < -0.4 is 10.6 Å². The third kappa shape index (κ3) is 3.83. The van der Waals surface area contributed by atoms with Crippen molar-refractivity contribution in [2.75, 3.05) is 18.5 Å². The Morgan fingerprint density at radius 3 is 2.11 bits per heavy atom. The van der Waals surface area contributed by atoms with Gasteiger partial charge in [0.25, 0.3) is 0 Å². The van der Waals surface area contributed by atoms with Gasteiger partial charge in [0.05, 0.1) is 0 Å². The fourth-order valence-corrected chi connectivity index (χ4v) is 2.16. The number of nitrogens with zero attached hydrogens (tertiary/aromatic N) is 1. The highest BCUT2D eigenvalue weighted by molar-refractivity contribution is 5.62. The van der Waals surface area contributed by atoms with Crippen molar-refractivity contribution in [1.29, 1.82) is 0 Å². The number of hydrogen-bond donors (Lipinski definition) is 1. The molecule has 2 N–H and O–H groups in total. The highest BCUT2D eigenvalue weighted by Crippen LogP contribution is 2.23. The number of hydrogen-bond acceptors (Lipinski definition) is 2. The largest absolute Gasteiger partial charge is 0.345 e. The van der Waals surface area contributed by atoms with Gasteiger partial charge in [0.15, 0.2) is 0 Å². The topological polar surface area (TPSA) is 29.3 Å². The lowest BCUT2D eigenvalue weighted by Gasteiger charge is -2.19. The van der Waals surface area contributed by atoms with Gasteiger partial charge in [-0.15, -0.1) is 0 Å². The summed E-state index contributed by atoms with van der Waals surface area (Å²) in [5, 5.41) is 0. The van der Waals surface area contributed by atoms with Crippen LogP contribution in [0.4, 0.5) is 11.4 Å². The molecule has 0 heterocycles. The molecule has 19 heavy (non-hydrogen) atoms. The fraction of sp³-hybridized carbons (Fsp3) is 0.294. The third-order valence-corrected chi connectivity index (χ3v) is 3.39. The van der Waals surface area contributed by atoms with Crippen molar-refractivity contribution < 1.29 is 0 Å². The van der Waals surface area contributed by atoms with E-state index in [0.29, 0.717) is 0 Å². The monoisotopic (exact) mass is 254 g/mol. The Morgan fingerprint density at radius 1 is 0.842 bits per heavy atom. The number of unbranched alkanes of at least 4 members (excludes halogenated alkanes) is 1. The number of anilines is 2. The molecule has 0 fully saturated rings. The molecule has 0 aliphatic carbocycles. The summed E-state index contributed by atoms with van der Waals surface area (Å²) in [6, 6.07) is 19.2. The van der Waals surface area contributed by atoms with Crippen molar-refractivity contribution in [3.63, 3.8) is 0 Å². The molecular weight excluding hydrogens is 232 g/mol. The van der Waals surface area contributed by atoms with E-state index in [1.54, 1.807) is 0 Å². The van der Waals surface area contributed by atoms with Gasteiger partial charge in [-0.2, -0.15) is 0 Å². The first-order valence-corrected chi connectivity index (χ1v) is 6.89. The van der Waals surface area contributed by atoms with Crippen LogP contribution in [0.5, 0.6) is 0 Å². The molecule has 2 nitrogen and oxygen atoms in total. The molecular formula is C17H22N2. The van der Waals surface area contributed by atoms with Gasteiger partial charge < -0.3 is 10.6 Å². The Hall–Kier alpha value is -1.80. The number of para-hydroxylation sites is 1. The Balaban J connectivity index is 2.02. The average Bonchev–Trinajstić information content (AvgIpc) is 2.48. The van der Waals surface area contributed by atoms with E-state index in [-0.39, 0.29) is 0 Å². The zero-order valence-electron chi connectivity index (χ0n) is 11.5. The minimum absolute atomic E-state index is 0.787. The second-order valence-corrected chi connectivity index (χ2v) is 4.81. The van der Waals surface area contributed by atoms with Crippen molar-refractivity contribution >= 4 is 11.4 Å². The van der Waals surface area contributed by atoms with Gasteiger partial charge in [0, 0.05) is 18.4 Å². The second kappa shape index (κ2) is 6.95. The van der Waals surface area contributed by atoms with Gasteiger partial charge in [-0.1, -0.05) is 30.3 Å². The molecule has 2 aromatic rings. The second-order valence-electron chi connectivity index (χ2n) is 4.81. The maximum atomic E-state index is 5.51. The third-order valence-electron chi connectivity index (χ3n) is 3.39. The number of aryl methyl sites for hydroxylation is 1. The van der Waals surface area contributed by atoms with Crippen molar-refractivity contribution in [2.24, 2.45) is 5.73 Å². The van der Waals surface area contributed by atoms with E-state index in [1.807, 2.05) is 6.07 Å². The Bertz CT molecular complexity index is 476. The van der Waals surface area contributed by atoms with Gasteiger partial charge in [-0.05, 0) is 55.6 Å². The lowest BCUT2D eigenvalue weighted by Crippen LogP contribution is -2.09. The fourth-order valence-electron chi connectivity index (χ4n) is 2.16. The van der Waals surface area contributed by atoms with Crippen LogP contribution in [0.1, 0.15) is 18.4 Å². The molecule has 0 saturated heterocycles. The van der Waals surface area contributed by atoms with Crippen LogP contribution >= 0.6 is 0 Å². The molecule has 0 saturated carbocycles. The van der Waals surface area contributed by atoms with Crippen LogP contribution in [0.15, 0.2) is 54.6 Å². The number of rotatable bonds is 6. The van der Waals surface area contributed by atoms with Crippen LogP contribution in [0.25, 0.3) is 0 Å². The molecule has 100 valence electrons.